The highest BCUT2D eigenvalue weighted by molar-refractivity contribution is 9.10. The van der Waals surface area contributed by atoms with Crippen LogP contribution in [-0.2, 0) is 0 Å². The van der Waals surface area contributed by atoms with E-state index in [1.807, 2.05) is 13.0 Å². The Kier molecular flexibility index (Phi) is 7.75. The Balaban J connectivity index is 1.68. The summed E-state index contributed by atoms with van der Waals surface area (Å²) in [5.74, 6) is 0.0576. The maximum Gasteiger partial charge on any atom is 0.258 e. The Morgan fingerprint density at radius 1 is 0.871 bits per heavy atom. The van der Waals surface area contributed by atoms with Crippen molar-refractivity contribution in [2.45, 2.75) is 6.92 Å². The van der Waals surface area contributed by atoms with Crippen molar-refractivity contribution in [3.63, 3.8) is 0 Å². The predicted molar refractivity (Wildman–Crippen MR) is 130 cm³/mol. The van der Waals surface area contributed by atoms with Gasteiger partial charge in [-0.05, 0) is 83.6 Å². The number of carbonyl (C=O) groups is 2. The van der Waals surface area contributed by atoms with Crippen molar-refractivity contribution in [1.29, 1.82) is 0 Å². The molecule has 0 atom stereocenters. The van der Waals surface area contributed by atoms with E-state index in [4.69, 9.17) is 17.0 Å². The first-order valence-corrected chi connectivity index (χ1v) is 10.7. The molecule has 3 aromatic carbocycles. The Morgan fingerprint density at radius 2 is 1.52 bits per heavy atom. The molecule has 0 heterocycles. The van der Waals surface area contributed by atoms with Gasteiger partial charge in [-0.15, -0.1) is 0 Å². The van der Waals surface area contributed by atoms with Crippen LogP contribution < -0.4 is 20.7 Å². The number of carbonyl (C=O) groups excluding carboxylic acids is 2. The van der Waals surface area contributed by atoms with Crippen molar-refractivity contribution in [3.05, 3.63) is 88.4 Å². The highest BCUT2D eigenvalue weighted by atomic mass is 79.9. The lowest BCUT2D eigenvalue weighted by atomic mass is 10.1. The van der Waals surface area contributed by atoms with Gasteiger partial charge in [0.05, 0.1) is 23.4 Å². The molecular weight excluding hydrogens is 478 g/mol. The summed E-state index contributed by atoms with van der Waals surface area (Å²) < 4.78 is 6.07. The lowest BCUT2D eigenvalue weighted by Crippen LogP contribution is -2.34. The zero-order valence-electron chi connectivity index (χ0n) is 16.6. The molecule has 3 N–H and O–H groups in total. The molecule has 0 aliphatic rings. The summed E-state index contributed by atoms with van der Waals surface area (Å²) in [5.41, 5.74) is 1.94. The van der Waals surface area contributed by atoms with Crippen molar-refractivity contribution >= 4 is 56.4 Å². The molecular formula is C23H20BrN3O3S. The molecule has 0 spiro atoms. The van der Waals surface area contributed by atoms with Gasteiger partial charge < -0.3 is 15.4 Å². The number of ether oxygens (including phenoxy) is 1. The average Bonchev–Trinajstić information content (AvgIpc) is 2.76. The fraction of sp³-hybridized carbons (Fsp3) is 0.0870. The van der Waals surface area contributed by atoms with Crippen molar-refractivity contribution in [1.82, 2.24) is 5.32 Å². The third-order valence-electron chi connectivity index (χ3n) is 4.19. The number of hydrogen-bond acceptors (Lipinski definition) is 4. The topological polar surface area (TPSA) is 79.5 Å². The molecule has 0 aliphatic heterocycles. The molecule has 0 unspecified atom stereocenters. The third-order valence-corrected chi connectivity index (χ3v) is 5.08. The number of rotatable bonds is 6. The van der Waals surface area contributed by atoms with Gasteiger partial charge in [0.2, 0.25) is 0 Å². The molecule has 3 rings (SSSR count). The molecule has 31 heavy (non-hydrogen) atoms. The molecule has 0 fully saturated rings. The lowest BCUT2D eigenvalue weighted by molar-refractivity contribution is 0.0976. The van der Waals surface area contributed by atoms with Gasteiger partial charge in [0.1, 0.15) is 5.75 Å². The van der Waals surface area contributed by atoms with Crippen LogP contribution in [0.15, 0.2) is 77.3 Å². The van der Waals surface area contributed by atoms with Gasteiger partial charge in [0.15, 0.2) is 5.11 Å². The second kappa shape index (κ2) is 10.7. The number of hydrogen-bond donors (Lipinski definition) is 3. The highest BCUT2D eigenvalue weighted by Gasteiger charge is 2.15. The van der Waals surface area contributed by atoms with Gasteiger partial charge in [0, 0.05) is 10.2 Å². The Bertz CT molecular complexity index is 1100. The largest absolute Gasteiger partial charge is 0.494 e. The maximum atomic E-state index is 12.8. The van der Waals surface area contributed by atoms with Crippen molar-refractivity contribution < 1.29 is 14.3 Å². The minimum absolute atomic E-state index is 0.0853. The molecule has 0 saturated heterocycles. The molecule has 158 valence electrons. The van der Waals surface area contributed by atoms with E-state index in [1.54, 1.807) is 66.7 Å². The number of halogens is 1. The minimum Gasteiger partial charge on any atom is -0.494 e. The molecule has 8 heteroatoms. The van der Waals surface area contributed by atoms with Crippen LogP contribution >= 0.6 is 28.1 Å². The molecule has 0 saturated carbocycles. The van der Waals surface area contributed by atoms with Crippen LogP contribution in [0.5, 0.6) is 5.75 Å². The van der Waals surface area contributed by atoms with Crippen LogP contribution in [0.3, 0.4) is 0 Å². The van der Waals surface area contributed by atoms with Crippen LogP contribution in [0.2, 0.25) is 0 Å². The molecule has 6 nitrogen and oxygen atoms in total. The molecule has 0 aromatic heterocycles. The quantitative estimate of drug-likeness (QED) is 0.406. The zero-order valence-corrected chi connectivity index (χ0v) is 19.0. The molecule has 0 aliphatic carbocycles. The Morgan fingerprint density at radius 3 is 2.19 bits per heavy atom. The first-order valence-electron chi connectivity index (χ1n) is 9.48. The number of benzene rings is 3. The van der Waals surface area contributed by atoms with E-state index in [0.717, 1.165) is 5.75 Å². The van der Waals surface area contributed by atoms with Crippen LogP contribution in [0.1, 0.15) is 27.6 Å². The van der Waals surface area contributed by atoms with Crippen LogP contribution in [0, 0.1) is 0 Å². The predicted octanol–water partition coefficient (Wildman–Crippen LogP) is 5.23. The summed E-state index contributed by atoms with van der Waals surface area (Å²) in [6.07, 6.45) is 0. The van der Waals surface area contributed by atoms with E-state index in [2.05, 4.69) is 31.9 Å². The van der Waals surface area contributed by atoms with E-state index in [9.17, 15) is 9.59 Å². The summed E-state index contributed by atoms with van der Waals surface area (Å²) in [6.45, 7) is 2.48. The average molecular weight is 498 g/mol. The van der Waals surface area contributed by atoms with Gasteiger partial charge in [-0.1, -0.05) is 24.3 Å². The van der Waals surface area contributed by atoms with Crippen LogP contribution in [-0.4, -0.2) is 23.5 Å². The van der Waals surface area contributed by atoms with Crippen molar-refractivity contribution in [2.75, 3.05) is 17.2 Å². The minimum atomic E-state index is -0.360. The van der Waals surface area contributed by atoms with Gasteiger partial charge in [-0.3, -0.25) is 14.9 Å². The first-order chi connectivity index (χ1) is 15.0. The summed E-state index contributed by atoms with van der Waals surface area (Å²) in [6, 6.07) is 21.0. The van der Waals surface area contributed by atoms with Crippen molar-refractivity contribution in [3.8, 4) is 5.75 Å². The Labute approximate surface area is 194 Å². The number of anilines is 2. The van der Waals surface area contributed by atoms with E-state index in [1.165, 1.54) is 0 Å². The molecule has 0 radical (unpaired) electrons. The SMILES string of the molecule is CCOc1ccc(NC(=O)c2ccccc2NC(=S)NC(=O)c2ccccc2Br)cc1. The van der Waals surface area contributed by atoms with Gasteiger partial charge in [0.25, 0.3) is 11.8 Å². The molecule has 0 bridgehead atoms. The summed E-state index contributed by atoms with van der Waals surface area (Å²) >= 11 is 8.61. The second-order valence-electron chi connectivity index (χ2n) is 6.35. The van der Waals surface area contributed by atoms with Crippen molar-refractivity contribution in [2.24, 2.45) is 0 Å². The maximum absolute atomic E-state index is 12.8. The number of thiocarbonyl (C=S) groups is 1. The summed E-state index contributed by atoms with van der Waals surface area (Å²) in [7, 11) is 0. The zero-order chi connectivity index (χ0) is 22.2. The number of amides is 2. The van der Waals surface area contributed by atoms with Gasteiger partial charge in [-0.2, -0.15) is 0 Å². The fourth-order valence-electron chi connectivity index (χ4n) is 2.76. The lowest BCUT2D eigenvalue weighted by Gasteiger charge is -2.14. The molecule has 3 aromatic rings. The fourth-order valence-corrected chi connectivity index (χ4v) is 3.43. The summed E-state index contributed by atoms with van der Waals surface area (Å²) in [4.78, 5) is 25.2. The normalized spacial score (nSPS) is 10.1. The van der Waals surface area contributed by atoms with E-state index < -0.39 is 0 Å². The first kappa shape index (κ1) is 22.5. The van der Waals surface area contributed by atoms with Crippen LogP contribution in [0.4, 0.5) is 11.4 Å². The molecule has 2 amide bonds. The van der Waals surface area contributed by atoms with Crippen LogP contribution in [0.25, 0.3) is 0 Å². The standard InChI is InChI=1S/C23H20BrN3O3S/c1-2-30-16-13-11-15(12-14-16)25-22(29)18-8-4-6-10-20(18)26-23(31)27-21(28)17-7-3-5-9-19(17)24/h3-14H,2H2,1H3,(H,25,29)(H2,26,27,28,31). The van der Waals surface area contributed by atoms with E-state index >= 15 is 0 Å². The Hall–Kier alpha value is -3.23. The number of para-hydroxylation sites is 1. The smallest absolute Gasteiger partial charge is 0.258 e. The van der Waals surface area contributed by atoms with E-state index in [0.29, 0.717) is 33.6 Å². The summed E-state index contributed by atoms with van der Waals surface area (Å²) in [5, 5.41) is 8.48. The van der Waals surface area contributed by atoms with Gasteiger partial charge in [-0.25, -0.2) is 0 Å². The third kappa shape index (κ3) is 6.13. The van der Waals surface area contributed by atoms with Gasteiger partial charge >= 0.3 is 0 Å². The number of nitrogens with one attached hydrogen (secondary N) is 3. The highest BCUT2D eigenvalue weighted by Crippen LogP contribution is 2.20. The monoisotopic (exact) mass is 497 g/mol. The van der Waals surface area contributed by atoms with E-state index in [-0.39, 0.29) is 16.9 Å². The second-order valence-corrected chi connectivity index (χ2v) is 7.61.